The second kappa shape index (κ2) is 12.0. The van der Waals surface area contributed by atoms with Crippen molar-refractivity contribution in [1.29, 1.82) is 0 Å². The van der Waals surface area contributed by atoms with E-state index in [1.54, 1.807) is 0 Å². The average Bonchev–Trinajstić information content (AvgIpc) is 2.90. The van der Waals surface area contributed by atoms with Crippen molar-refractivity contribution in [2.45, 2.75) is 25.7 Å². The third-order valence-electron chi connectivity index (χ3n) is 6.98. The molecule has 4 rings (SSSR count). The fourth-order valence-electron chi connectivity index (χ4n) is 4.85. The topological polar surface area (TPSA) is 67.9 Å². The number of benzene rings is 2. The second-order valence-electron chi connectivity index (χ2n) is 9.24. The zero-order valence-corrected chi connectivity index (χ0v) is 20.2. The summed E-state index contributed by atoms with van der Waals surface area (Å²) < 4.78 is 0. The highest BCUT2D eigenvalue weighted by Crippen LogP contribution is 2.28. The third kappa shape index (κ3) is 6.58. The van der Waals surface area contributed by atoms with Gasteiger partial charge >= 0.3 is 6.03 Å². The number of carbonyl (C=O) groups excluding carboxylic acids is 2. The molecule has 7 nitrogen and oxygen atoms in total. The number of nitrogens with zero attached hydrogens (tertiary/aromatic N) is 3. The van der Waals surface area contributed by atoms with Crippen LogP contribution in [0.2, 0.25) is 0 Å². The number of rotatable bonds is 7. The molecule has 0 aliphatic carbocycles. The summed E-state index contributed by atoms with van der Waals surface area (Å²) in [4.78, 5) is 32.3. The Bertz CT molecular complexity index is 943. The summed E-state index contributed by atoms with van der Waals surface area (Å²) in [6, 6.07) is 17.4. The monoisotopic (exact) mass is 463 g/mol. The lowest BCUT2D eigenvalue weighted by Gasteiger charge is -2.34. The standard InChI is InChI=1S/C27H37N5O2/c1-2-30-16-18-31(19-17-30)15-13-28-26(33)23-9-6-8-22(20-23)24-10-7-14-32(21-24)27(34)29-25-11-4-3-5-12-25/h3-6,8-9,11-12,20,24H,2,7,10,13-19,21H2,1H3,(H,28,33)(H,29,34)/t24-/m0/s1. The van der Waals surface area contributed by atoms with Crippen molar-refractivity contribution in [1.82, 2.24) is 20.0 Å². The first kappa shape index (κ1) is 24.2. The lowest BCUT2D eigenvalue weighted by Crippen LogP contribution is -2.48. The number of para-hydroxylation sites is 1. The number of amides is 3. The summed E-state index contributed by atoms with van der Waals surface area (Å²) in [6.45, 7) is 10.6. The van der Waals surface area contributed by atoms with Crippen LogP contribution in [0.3, 0.4) is 0 Å². The van der Waals surface area contributed by atoms with Crippen LogP contribution >= 0.6 is 0 Å². The van der Waals surface area contributed by atoms with Crippen LogP contribution in [0.4, 0.5) is 10.5 Å². The second-order valence-corrected chi connectivity index (χ2v) is 9.24. The molecule has 0 spiro atoms. The highest BCUT2D eigenvalue weighted by Gasteiger charge is 2.25. The maximum absolute atomic E-state index is 12.8. The van der Waals surface area contributed by atoms with E-state index in [9.17, 15) is 9.59 Å². The molecule has 1 atom stereocenters. The zero-order valence-electron chi connectivity index (χ0n) is 20.2. The highest BCUT2D eigenvalue weighted by molar-refractivity contribution is 5.94. The van der Waals surface area contributed by atoms with Crippen LogP contribution < -0.4 is 10.6 Å². The van der Waals surface area contributed by atoms with Gasteiger partial charge in [-0.25, -0.2) is 4.79 Å². The molecule has 2 aliphatic heterocycles. The van der Waals surface area contributed by atoms with E-state index in [0.717, 1.165) is 69.9 Å². The van der Waals surface area contributed by atoms with Gasteiger partial charge in [0.25, 0.3) is 5.91 Å². The summed E-state index contributed by atoms with van der Waals surface area (Å²) in [6.07, 6.45) is 1.97. The Balaban J connectivity index is 1.28. The fourth-order valence-corrected chi connectivity index (χ4v) is 4.85. The number of likely N-dealkylation sites (N-methyl/N-ethyl adjacent to an activating group) is 1. The summed E-state index contributed by atoms with van der Waals surface area (Å²) in [5, 5.41) is 6.07. The summed E-state index contributed by atoms with van der Waals surface area (Å²) in [5.74, 6) is 0.210. The molecule has 2 heterocycles. The molecule has 34 heavy (non-hydrogen) atoms. The van der Waals surface area contributed by atoms with Crippen LogP contribution in [0, 0.1) is 0 Å². The third-order valence-corrected chi connectivity index (χ3v) is 6.98. The van der Waals surface area contributed by atoms with E-state index in [-0.39, 0.29) is 17.9 Å². The van der Waals surface area contributed by atoms with Gasteiger partial charge < -0.3 is 20.4 Å². The summed E-state index contributed by atoms with van der Waals surface area (Å²) in [5.41, 5.74) is 2.63. The maximum atomic E-state index is 12.8. The Hall–Kier alpha value is -2.90. The Labute approximate surface area is 203 Å². The zero-order chi connectivity index (χ0) is 23.8. The number of hydrogen-bond donors (Lipinski definition) is 2. The molecule has 0 saturated carbocycles. The average molecular weight is 464 g/mol. The van der Waals surface area contributed by atoms with Gasteiger partial charge in [-0.1, -0.05) is 37.3 Å². The molecule has 2 N–H and O–H groups in total. The van der Waals surface area contributed by atoms with Gasteiger partial charge in [0.2, 0.25) is 0 Å². The van der Waals surface area contributed by atoms with Crippen molar-refractivity contribution in [3.8, 4) is 0 Å². The minimum absolute atomic E-state index is 0.0245. The van der Waals surface area contributed by atoms with Crippen molar-refractivity contribution in [3.05, 3.63) is 65.7 Å². The predicted octanol–water partition coefficient (Wildman–Crippen LogP) is 3.47. The normalized spacial score (nSPS) is 19.6. The molecule has 0 unspecified atom stereocenters. The van der Waals surface area contributed by atoms with Crippen molar-refractivity contribution in [3.63, 3.8) is 0 Å². The Kier molecular flexibility index (Phi) is 8.55. The first-order valence-electron chi connectivity index (χ1n) is 12.6. The number of likely N-dealkylation sites (tertiary alicyclic amines) is 1. The predicted molar refractivity (Wildman–Crippen MR) is 136 cm³/mol. The first-order chi connectivity index (χ1) is 16.6. The van der Waals surface area contributed by atoms with Crippen LogP contribution in [0.15, 0.2) is 54.6 Å². The molecule has 0 bridgehead atoms. The van der Waals surface area contributed by atoms with Crippen LogP contribution in [0.1, 0.15) is 41.6 Å². The molecule has 2 aliphatic rings. The van der Waals surface area contributed by atoms with Gasteiger partial charge in [-0.3, -0.25) is 9.69 Å². The Morgan fingerprint density at radius 2 is 1.71 bits per heavy atom. The van der Waals surface area contributed by atoms with Gasteiger partial charge in [0.05, 0.1) is 0 Å². The molecule has 7 heteroatoms. The van der Waals surface area contributed by atoms with Gasteiger partial charge in [0, 0.05) is 69.5 Å². The van der Waals surface area contributed by atoms with Crippen LogP contribution in [0.5, 0.6) is 0 Å². The van der Waals surface area contributed by atoms with Crippen molar-refractivity contribution >= 4 is 17.6 Å². The first-order valence-corrected chi connectivity index (χ1v) is 12.6. The van der Waals surface area contributed by atoms with E-state index in [4.69, 9.17) is 0 Å². The number of carbonyl (C=O) groups is 2. The lowest BCUT2D eigenvalue weighted by molar-refractivity contribution is 0.0937. The molecule has 2 fully saturated rings. The Morgan fingerprint density at radius 3 is 2.47 bits per heavy atom. The van der Waals surface area contributed by atoms with E-state index < -0.39 is 0 Å². The molecule has 3 amide bonds. The van der Waals surface area contributed by atoms with Crippen molar-refractivity contribution < 1.29 is 9.59 Å². The summed E-state index contributed by atoms with van der Waals surface area (Å²) in [7, 11) is 0. The number of hydrogen-bond acceptors (Lipinski definition) is 4. The van der Waals surface area contributed by atoms with Gasteiger partial charge in [-0.15, -0.1) is 0 Å². The number of piperazine rings is 1. The molecule has 2 aromatic rings. The van der Waals surface area contributed by atoms with Gasteiger partial charge in [0.1, 0.15) is 0 Å². The molecule has 2 saturated heterocycles. The lowest BCUT2D eigenvalue weighted by atomic mass is 9.89. The van der Waals surface area contributed by atoms with Gasteiger partial charge in [-0.2, -0.15) is 0 Å². The quantitative estimate of drug-likeness (QED) is 0.660. The van der Waals surface area contributed by atoms with Gasteiger partial charge in [0.15, 0.2) is 0 Å². The van der Waals surface area contributed by atoms with E-state index in [1.165, 1.54) is 0 Å². The van der Waals surface area contributed by atoms with Crippen LogP contribution in [0.25, 0.3) is 0 Å². The maximum Gasteiger partial charge on any atom is 0.321 e. The number of anilines is 1. The van der Waals surface area contributed by atoms with E-state index in [1.807, 2.05) is 53.4 Å². The fraction of sp³-hybridized carbons (Fsp3) is 0.481. The minimum Gasteiger partial charge on any atom is -0.351 e. The molecule has 2 aromatic carbocycles. The number of piperidine rings is 1. The highest BCUT2D eigenvalue weighted by atomic mass is 16.2. The molecular formula is C27H37N5O2. The smallest absolute Gasteiger partial charge is 0.321 e. The van der Waals surface area contributed by atoms with Gasteiger partial charge in [-0.05, 0) is 49.2 Å². The molecule has 0 radical (unpaired) electrons. The molecule has 182 valence electrons. The van der Waals surface area contributed by atoms with Crippen molar-refractivity contribution in [2.24, 2.45) is 0 Å². The van der Waals surface area contributed by atoms with E-state index in [0.29, 0.717) is 18.7 Å². The Morgan fingerprint density at radius 1 is 0.941 bits per heavy atom. The van der Waals surface area contributed by atoms with Crippen LogP contribution in [-0.4, -0.2) is 85.5 Å². The SMILES string of the molecule is CCN1CCN(CCNC(=O)c2cccc([C@H]3CCCN(C(=O)Nc4ccccc4)C3)c2)CC1. The van der Waals surface area contributed by atoms with Crippen molar-refractivity contribution in [2.75, 3.05) is 64.2 Å². The van der Waals surface area contributed by atoms with E-state index in [2.05, 4.69) is 33.4 Å². The number of urea groups is 1. The summed E-state index contributed by atoms with van der Waals surface area (Å²) >= 11 is 0. The largest absolute Gasteiger partial charge is 0.351 e. The molecule has 0 aromatic heterocycles. The van der Waals surface area contributed by atoms with E-state index >= 15 is 0 Å². The minimum atomic E-state index is -0.0652. The van der Waals surface area contributed by atoms with Crippen LogP contribution in [-0.2, 0) is 0 Å². The number of nitrogens with one attached hydrogen (secondary N) is 2. The molecular weight excluding hydrogens is 426 g/mol.